The Balaban J connectivity index is 1.70. The Kier molecular flexibility index (Phi) is 3.91. The fourth-order valence-corrected chi connectivity index (χ4v) is 2.63. The summed E-state index contributed by atoms with van der Waals surface area (Å²) in [6.45, 7) is 12.3. The minimum absolute atomic E-state index is 0.364. The van der Waals surface area contributed by atoms with Crippen molar-refractivity contribution >= 4 is 18.5 Å². The summed E-state index contributed by atoms with van der Waals surface area (Å²) in [5.41, 5.74) is 0.929. The Morgan fingerprint density at radius 1 is 0.955 bits per heavy atom. The van der Waals surface area contributed by atoms with Gasteiger partial charge in [0.15, 0.2) is 5.72 Å². The van der Waals surface area contributed by atoms with Gasteiger partial charge in [-0.25, -0.2) is 9.97 Å². The summed E-state index contributed by atoms with van der Waals surface area (Å²) < 4.78 is 12.0. The van der Waals surface area contributed by atoms with Crippen molar-refractivity contribution in [2.75, 3.05) is 38.1 Å². The van der Waals surface area contributed by atoms with E-state index >= 15 is 0 Å². The minimum atomic E-state index is -0.494. The van der Waals surface area contributed by atoms with Gasteiger partial charge in [-0.15, -0.1) is 0 Å². The first-order chi connectivity index (χ1) is 10.3. The van der Waals surface area contributed by atoms with Gasteiger partial charge in [-0.05, 0) is 34.7 Å². The van der Waals surface area contributed by atoms with Crippen molar-refractivity contribution in [3.05, 3.63) is 12.4 Å². The zero-order valence-electron chi connectivity index (χ0n) is 14.2. The molecule has 0 saturated carbocycles. The number of hydrogen-bond acceptors (Lipinski definition) is 6. The number of likely N-dealkylation sites (N-methyl/N-ethyl adjacent to an activating group) is 1. The van der Waals surface area contributed by atoms with Gasteiger partial charge < -0.3 is 19.1 Å². The summed E-state index contributed by atoms with van der Waals surface area (Å²) >= 11 is 0. The molecule has 0 amide bonds. The van der Waals surface area contributed by atoms with Gasteiger partial charge in [0.2, 0.25) is 0 Å². The van der Waals surface area contributed by atoms with Crippen molar-refractivity contribution in [2.24, 2.45) is 0 Å². The Bertz CT molecular complexity index is 511. The number of hydrogen-bond donors (Lipinski definition) is 0. The largest absolute Gasteiger partial charge is 0.534 e. The Morgan fingerprint density at radius 2 is 1.45 bits per heavy atom. The first kappa shape index (κ1) is 15.7. The first-order valence-electron chi connectivity index (χ1n) is 7.90. The maximum atomic E-state index is 5.98. The molecule has 2 fully saturated rings. The van der Waals surface area contributed by atoms with Crippen LogP contribution in [0.1, 0.15) is 27.7 Å². The van der Waals surface area contributed by atoms with E-state index in [1.165, 1.54) is 0 Å². The van der Waals surface area contributed by atoms with E-state index in [9.17, 15) is 0 Å². The Hall–Kier alpha value is -1.18. The molecule has 0 spiro atoms. The van der Waals surface area contributed by atoms with E-state index in [2.05, 4.69) is 26.8 Å². The minimum Gasteiger partial charge on any atom is -0.397 e. The molecular formula is C15H25BN4O2. The second kappa shape index (κ2) is 5.47. The monoisotopic (exact) mass is 304 g/mol. The van der Waals surface area contributed by atoms with Gasteiger partial charge in [0.25, 0.3) is 0 Å². The molecular weight excluding hydrogens is 279 g/mol. The highest BCUT2D eigenvalue weighted by Gasteiger charge is 2.53. The SMILES string of the molecule is CN1CCN(c2cnc(B3OC(C)(C)C(C)(C)O3)nc2)CC1. The lowest BCUT2D eigenvalue weighted by atomic mass is 9.89. The smallest absolute Gasteiger partial charge is 0.397 e. The standard InChI is InChI=1S/C15H25BN4O2/c1-14(2)15(3,4)22-16(21-14)13-17-10-12(11-18-13)20-8-6-19(5)7-9-20/h10-11H,6-9H2,1-5H3. The third-order valence-electron chi connectivity index (χ3n) is 4.99. The fraction of sp³-hybridized carbons (Fsp3) is 0.733. The van der Waals surface area contributed by atoms with Gasteiger partial charge in [0.1, 0.15) is 0 Å². The van der Waals surface area contributed by atoms with Gasteiger partial charge in [-0.1, -0.05) is 0 Å². The molecule has 2 aliphatic rings. The average Bonchev–Trinajstić information content (AvgIpc) is 2.68. The number of anilines is 1. The summed E-state index contributed by atoms with van der Waals surface area (Å²) in [7, 11) is 1.65. The summed E-state index contributed by atoms with van der Waals surface area (Å²) in [4.78, 5) is 13.6. The van der Waals surface area contributed by atoms with E-state index < -0.39 is 7.12 Å². The maximum Gasteiger partial charge on any atom is 0.534 e. The van der Waals surface area contributed by atoms with Gasteiger partial charge in [0.05, 0.1) is 29.3 Å². The van der Waals surface area contributed by atoms with Crippen LogP contribution >= 0.6 is 0 Å². The van der Waals surface area contributed by atoms with Crippen molar-refractivity contribution in [3.8, 4) is 0 Å². The molecule has 0 N–H and O–H groups in total. The van der Waals surface area contributed by atoms with E-state index in [4.69, 9.17) is 9.31 Å². The normalized spacial score (nSPS) is 24.8. The topological polar surface area (TPSA) is 50.7 Å². The third-order valence-corrected chi connectivity index (χ3v) is 4.99. The van der Waals surface area contributed by atoms with Crippen LogP contribution in [0.2, 0.25) is 0 Å². The molecule has 3 rings (SSSR count). The van der Waals surface area contributed by atoms with Crippen LogP contribution in [0.15, 0.2) is 12.4 Å². The lowest BCUT2D eigenvalue weighted by Gasteiger charge is -2.33. The van der Waals surface area contributed by atoms with Gasteiger partial charge in [-0.2, -0.15) is 0 Å². The van der Waals surface area contributed by atoms with Crippen molar-refractivity contribution in [1.82, 2.24) is 14.9 Å². The zero-order chi connectivity index (χ0) is 16.0. The Morgan fingerprint density at radius 3 is 1.95 bits per heavy atom. The molecule has 2 saturated heterocycles. The molecule has 0 aliphatic carbocycles. The van der Waals surface area contributed by atoms with Crippen LogP contribution in [-0.2, 0) is 9.31 Å². The highest BCUT2D eigenvalue weighted by atomic mass is 16.7. The molecule has 120 valence electrons. The van der Waals surface area contributed by atoms with E-state index in [0.29, 0.717) is 5.72 Å². The molecule has 6 nitrogen and oxygen atoms in total. The molecule has 0 bridgehead atoms. The lowest BCUT2D eigenvalue weighted by molar-refractivity contribution is 0.00578. The van der Waals surface area contributed by atoms with Crippen LogP contribution in [0.3, 0.4) is 0 Å². The second-order valence-corrected chi connectivity index (χ2v) is 7.18. The van der Waals surface area contributed by atoms with E-state index in [0.717, 1.165) is 31.9 Å². The molecule has 0 unspecified atom stereocenters. The van der Waals surface area contributed by atoms with Crippen molar-refractivity contribution in [2.45, 2.75) is 38.9 Å². The van der Waals surface area contributed by atoms with Crippen LogP contribution in [0.4, 0.5) is 5.69 Å². The summed E-state index contributed by atoms with van der Waals surface area (Å²) in [5, 5.41) is 0. The summed E-state index contributed by atoms with van der Waals surface area (Å²) in [5.74, 6) is 0. The third kappa shape index (κ3) is 2.85. The predicted octanol–water partition coefficient (Wildman–Crippen LogP) is 0.528. The first-order valence-corrected chi connectivity index (χ1v) is 7.90. The highest BCUT2D eigenvalue weighted by Crippen LogP contribution is 2.36. The average molecular weight is 304 g/mol. The Labute approximate surface area is 133 Å². The second-order valence-electron chi connectivity index (χ2n) is 7.18. The lowest BCUT2D eigenvalue weighted by Crippen LogP contribution is -2.45. The molecule has 1 aromatic heterocycles. The van der Waals surface area contributed by atoms with Crippen LogP contribution < -0.4 is 10.6 Å². The van der Waals surface area contributed by atoms with Crippen LogP contribution in [0.25, 0.3) is 0 Å². The van der Waals surface area contributed by atoms with Gasteiger partial charge in [-0.3, -0.25) is 0 Å². The summed E-state index contributed by atoms with van der Waals surface area (Å²) in [6.07, 6.45) is 3.75. The predicted molar refractivity (Wildman–Crippen MR) is 87.5 cm³/mol. The van der Waals surface area contributed by atoms with Gasteiger partial charge >= 0.3 is 7.12 Å². The molecule has 0 aromatic carbocycles. The highest BCUT2D eigenvalue weighted by molar-refractivity contribution is 6.60. The van der Waals surface area contributed by atoms with Gasteiger partial charge in [0, 0.05) is 26.2 Å². The number of rotatable bonds is 2. The fourth-order valence-electron chi connectivity index (χ4n) is 2.63. The van der Waals surface area contributed by atoms with Crippen LogP contribution in [0, 0.1) is 0 Å². The molecule has 1 aromatic rings. The summed E-state index contributed by atoms with van der Waals surface area (Å²) in [6, 6.07) is 0. The quantitative estimate of drug-likeness (QED) is 0.743. The van der Waals surface area contributed by atoms with Crippen molar-refractivity contribution < 1.29 is 9.31 Å². The molecule has 2 aliphatic heterocycles. The number of piperazine rings is 1. The zero-order valence-corrected chi connectivity index (χ0v) is 14.2. The molecule has 7 heteroatoms. The van der Waals surface area contributed by atoms with E-state index in [-0.39, 0.29) is 11.2 Å². The van der Waals surface area contributed by atoms with Crippen LogP contribution in [0.5, 0.6) is 0 Å². The van der Waals surface area contributed by atoms with Crippen molar-refractivity contribution in [3.63, 3.8) is 0 Å². The molecule has 22 heavy (non-hydrogen) atoms. The van der Waals surface area contributed by atoms with E-state index in [1.807, 2.05) is 40.1 Å². The van der Waals surface area contributed by atoms with Crippen molar-refractivity contribution in [1.29, 1.82) is 0 Å². The number of nitrogens with zero attached hydrogens (tertiary/aromatic N) is 4. The molecule has 0 atom stereocenters. The van der Waals surface area contributed by atoms with Crippen LogP contribution in [-0.4, -0.2) is 66.4 Å². The number of aromatic nitrogens is 2. The molecule has 3 heterocycles. The maximum absolute atomic E-state index is 5.98. The molecule has 0 radical (unpaired) electrons. The van der Waals surface area contributed by atoms with E-state index in [1.54, 1.807) is 0 Å².